The standard InChI is InChI=1S/C27H37N3O2/c1-17(29-30-25(32)18-10-14-28-15-11-18)22-6-7-23-21-5-4-19-16-20(31)8-12-26(19,2)24(21)9-13-27(22,23)3/h6,10-11,14-15,19-21,23-24,31H,4-5,7-9,12-13,16H2,1-3H3,(H,30,32)/b29-17+/t19-,20-,21+,23-,24+,26-,27-/m0/s1. The molecule has 2 N–H and O–H groups in total. The zero-order chi connectivity index (χ0) is 22.5. The van der Waals surface area contributed by atoms with E-state index >= 15 is 0 Å². The monoisotopic (exact) mass is 435 g/mol. The van der Waals surface area contributed by atoms with Gasteiger partial charge in [-0.1, -0.05) is 19.9 Å². The van der Waals surface area contributed by atoms with Crippen LogP contribution in [0.3, 0.4) is 0 Å². The number of pyridine rings is 1. The largest absolute Gasteiger partial charge is 0.393 e. The second-order valence-electron chi connectivity index (χ2n) is 11.3. The van der Waals surface area contributed by atoms with Crippen LogP contribution in [0.15, 0.2) is 41.3 Å². The maximum absolute atomic E-state index is 12.4. The summed E-state index contributed by atoms with van der Waals surface area (Å²) >= 11 is 0. The van der Waals surface area contributed by atoms with Gasteiger partial charge in [0.25, 0.3) is 5.91 Å². The van der Waals surface area contributed by atoms with Crippen molar-refractivity contribution >= 4 is 11.6 Å². The molecule has 5 rings (SSSR count). The van der Waals surface area contributed by atoms with Crippen molar-refractivity contribution in [1.29, 1.82) is 0 Å². The Hall–Kier alpha value is -2.01. The molecule has 1 amide bonds. The summed E-state index contributed by atoms with van der Waals surface area (Å²) in [6, 6.07) is 3.41. The number of allylic oxidation sites excluding steroid dienone is 2. The average molecular weight is 436 g/mol. The van der Waals surface area contributed by atoms with Gasteiger partial charge in [0.15, 0.2) is 0 Å². The van der Waals surface area contributed by atoms with Crippen molar-refractivity contribution in [3.8, 4) is 0 Å². The van der Waals surface area contributed by atoms with Gasteiger partial charge in [-0.05, 0) is 110 Å². The SMILES string of the molecule is C/C(=N\NC(=O)c1ccncc1)C1=CC[C@H]2[C@H]3CC[C@H]4C[C@@H](O)CC[C@]4(C)[C@@H]3CC[C@@]12C. The predicted octanol–water partition coefficient (Wildman–Crippen LogP) is 5.13. The van der Waals surface area contributed by atoms with Gasteiger partial charge in [-0.15, -0.1) is 0 Å². The van der Waals surface area contributed by atoms with E-state index in [4.69, 9.17) is 0 Å². The van der Waals surface area contributed by atoms with E-state index in [-0.39, 0.29) is 17.4 Å². The Morgan fingerprint density at radius 3 is 2.69 bits per heavy atom. The van der Waals surface area contributed by atoms with Crippen LogP contribution in [0.4, 0.5) is 0 Å². The third-order valence-electron chi connectivity index (χ3n) is 9.88. The number of amides is 1. The van der Waals surface area contributed by atoms with Gasteiger partial charge in [0.2, 0.25) is 0 Å². The highest BCUT2D eigenvalue weighted by molar-refractivity contribution is 6.01. The van der Waals surface area contributed by atoms with Gasteiger partial charge in [0.05, 0.1) is 11.8 Å². The fourth-order valence-corrected chi connectivity index (χ4v) is 8.13. The number of hydrazone groups is 1. The molecule has 0 unspecified atom stereocenters. The van der Waals surface area contributed by atoms with Crippen LogP contribution in [0.25, 0.3) is 0 Å². The van der Waals surface area contributed by atoms with Crippen LogP contribution in [0.2, 0.25) is 0 Å². The molecule has 0 aliphatic heterocycles. The molecule has 32 heavy (non-hydrogen) atoms. The van der Waals surface area contributed by atoms with Crippen molar-refractivity contribution < 1.29 is 9.90 Å². The Bertz CT molecular complexity index is 941. The normalized spacial score (nSPS) is 41.2. The Morgan fingerprint density at radius 1 is 1.12 bits per heavy atom. The molecule has 4 aliphatic rings. The van der Waals surface area contributed by atoms with Crippen molar-refractivity contribution in [3.63, 3.8) is 0 Å². The molecular weight excluding hydrogens is 398 g/mol. The number of carbonyl (C=O) groups is 1. The molecule has 1 aromatic rings. The Morgan fingerprint density at radius 2 is 1.91 bits per heavy atom. The highest BCUT2D eigenvalue weighted by Gasteiger charge is 2.58. The summed E-state index contributed by atoms with van der Waals surface area (Å²) in [7, 11) is 0. The number of rotatable bonds is 3. The van der Waals surface area contributed by atoms with Crippen molar-refractivity contribution in [2.45, 2.75) is 78.2 Å². The molecule has 3 fully saturated rings. The summed E-state index contributed by atoms with van der Waals surface area (Å²) in [6.07, 6.45) is 14.9. The number of carbonyl (C=O) groups excluding carboxylic acids is 1. The zero-order valence-electron chi connectivity index (χ0n) is 19.7. The summed E-state index contributed by atoms with van der Waals surface area (Å²) in [5.74, 6) is 2.71. The summed E-state index contributed by atoms with van der Waals surface area (Å²) in [5, 5.41) is 14.8. The molecule has 5 heteroatoms. The van der Waals surface area contributed by atoms with Gasteiger partial charge in [0.1, 0.15) is 0 Å². The van der Waals surface area contributed by atoms with Gasteiger partial charge in [-0.3, -0.25) is 9.78 Å². The van der Waals surface area contributed by atoms with E-state index < -0.39 is 0 Å². The molecule has 0 bridgehead atoms. The van der Waals surface area contributed by atoms with Crippen LogP contribution in [0.1, 0.15) is 82.5 Å². The quantitative estimate of drug-likeness (QED) is 0.511. The number of aromatic nitrogens is 1. The Balaban J connectivity index is 1.32. The van der Waals surface area contributed by atoms with Crippen molar-refractivity contribution in [2.75, 3.05) is 0 Å². The number of nitrogens with zero attached hydrogens (tertiary/aromatic N) is 2. The zero-order valence-corrected chi connectivity index (χ0v) is 19.7. The van der Waals surface area contributed by atoms with Gasteiger partial charge in [-0.2, -0.15) is 5.10 Å². The van der Waals surface area contributed by atoms with Gasteiger partial charge < -0.3 is 5.11 Å². The molecule has 3 saturated carbocycles. The van der Waals surface area contributed by atoms with Crippen LogP contribution in [0.5, 0.6) is 0 Å². The fraction of sp³-hybridized carbons (Fsp3) is 0.667. The van der Waals surface area contributed by atoms with Crippen LogP contribution in [0, 0.1) is 34.5 Å². The lowest BCUT2D eigenvalue weighted by atomic mass is 9.44. The maximum Gasteiger partial charge on any atom is 0.271 e. The lowest BCUT2D eigenvalue weighted by Crippen LogP contribution is -2.53. The lowest BCUT2D eigenvalue weighted by Gasteiger charge is -2.60. The van der Waals surface area contributed by atoms with E-state index in [0.29, 0.717) is 22.8 Å². The molecule has 1 aromatic heterocycles. The van der Waals surface area contributed by atoms with Gasteiger partial charge in [-0.25, -0.2) is 5.43 Å². The average Bonchev–Trinajstić information content (AvgIpc) is 3.15. The lowest BCUT2D eigenvalue weighted by molar-refractivity contribution is -0.117. The van der Waals surface area contributed by atoms with E-state index in [1.165, 1.54) is 37.7 Å². The van der Waals surface area contributed by atoms with Crippen molar-refractivity contribution in [1.82, 2.24) is 10.4 Å². The Kier molecular flexibility index (Phi) is 5.51. The third kappa shape index (κ3) is 3.44. The molecule has 4 aliphatic carbocycles. The minimum absolute atomic E-state index is 0.0838. The molecule has 7 atom stereocenters. The summed E-state index contributed by atoms with van der Waals surface area (Å²) < 4.78 is 0. The maximum atomic E-state index is 12.4. The number of hydrogen-bond donors (Lipinski definition) is 2. The van der Waals surface area contributed by atoms with Crippen LogP contribution in [-0.2, 0) is 0 Å². The highest BCUT2D eigenvalue weighted by Crippen LogP contribution is 2.66. The minimum atomic E-state index is -0.193. The number of nitrogens with one attached hydrogen (secondary N) is 1. The first-order valence-corrected chi connectivity index (χ1v) is 12.5. The minimum Gasteiger partial charge on any atom is -0.393 e. The van der Waals surface area contributed by atoms with Crippen molar-refractivity contribution in [3.05, 3.63) is 41.7 Å². The second kappa shape index (κ2) is 8.09. The fourth-order valence-electron chi connectivity index (χ4n) is 8.13. The smallest absolute Gasteiger partial charge is 0.271 e. The Labute approximate surface area is 191 Å². The molecule has 0 radical (unpaired) electrons. The highest BCUT2D eigenvalue weighted by atomic mass is 16.3. The molecule has 0 spiro atoms. The number of aliphatic hydroxyl groups is 1. The van der Waals surface area contributed by atoms with E-state index in [9.17, 15) is 9.90 Å². The first kappa shape index (κ1) is 21.8. The van der Waals surface area contributed by atoms with Gasteiger partial charge >= 0.3 is 0 Å². The first-order valence-electron chi connectivity index (χ1n) is 12.5. The van der Waals surface area contributed by atoms with E-state index in [1.54, 1.807) is 24.5 Å². The predicted molar refractivity (Wildman–Crippen MR) is 126 cm³/mol. The van der Waals surface area contributed by atoms with Crippen LogP contribution >= 0.6 is 0 Å². The van der Waals surface area contributed by atoms with Crippen LogP contribution < -0.4 is 5.43 Å². The number of aliphatic hydroxyl groups excluding tert-OH is 1. The topological polar surface area (TPSA) is 74.6 Å². The number of hydrogen-bond acceptors (Lipinski definition) is 4. The summed E-state index contributed by atoms with van der Waals surface area (Å²) in [4.78, 5) is 16.4. The molecule has 1 heterocycles. The van der Waals surface area contributed by atoms with Crippen LogP contribution in [-0.4, -0.2) is 27.8 Å². The molecule has 5 nitrogen and oxygen atoms in total. The second-order valence-corrected chi connectivity index (χ2v) is 11.3. The molecule has 0 saturated heterocycles. The van der Waals surface area contributed by atoms with Crippen molar-refractivity contribution in [2.24, 2.45) is 39.6 Å². The van der Waals surface area contributed by atoms with Gasteiger partial charge in [0, 0.05) is 18.0 Å². The molecule has 172 valence electrons. The molecular formula is C27H37N3O2. The summed E-state index contributed by atoms with van der Waals surface area (Å²) in [6.45, 7) is 7.02. The third-order valence-corrected chi connectivity index (χ3v) is 9.88. The van der Waals surface area contributed by atoms with E-state index in [1.807, 2.05) is 6.92 Å². The summed E-state index contributed by atoms with van der Waals surface area (Å²) in [5.41, 5.74) is 6.14. The van der Waals surface area contributed by atoms with E-state index in [0.717, 1.165) is 36.8 Å². The number of fused-ring (bicyclic) bond motifs is 5. The first-order chi connectivity index (χ1) is 15.3. The molecule has 0 aromatic carbocycles. The van der Waals surface area contributed by atoms with E-state index in [2.05, 4.69) is 35.4 Å².